The van der Waals surface area contributed by atoms with Gasteiger partial charge in [-0.25, -0.2) is 9.97 Å². The average molecular weight is 252 g/mol. The van der Waals surface area contributed by atoms with Gasteiger partial charge in [-0.3, -0.25) is 4.90 Å². The van der Waals surface area contributed by atoms with Gasteiger partial charge in [0.2, 0.25) is 0 Å². The van der Waals surface area contributed by atoms with Gasteiger partial charge in [0.15, 0.2) is 0 Å². The van der Waals surface area contributed by atoms with Crippen LogP contribution in [-0.2, 0) is 6.54 Å². The minimum Gasteiger partial charge on any atom is -0.395 e. The number of aryl methyl sites for hydroxylation is 1. The molecule has 5 nitrogen and oxygen atoms in total. The summed E-state index contributed by atoms with van der Waals surface area (Å²) in [5.74, 6) is 1.70. The minimum atomic E-state index is 0.167. The highest BCUT2D eigenvalue weighted by Gasteiger charge is 2.07. The Morgan fingerprint density at radius 2 is 2.11 bits per heavy atom. The molecule has 1 aromatic rings. The molecule has 0 amide bonds. The largest absolute Gasteiger partial charge is 0.395 e. The van der Waals surface area contributed by atoms with E-state index in [4.69, 9.17) is 5.11 Å². The van der Waals surface area contributed by atoms with E-state index in [0.717, 1.165) is 36.8 Å². The van der Waals surface area contributed by atoms with Crippen LogP contribution in [0.2, 0.25) is 0 Å². The molecule has 102 valence electrons. The summed E-state index contributed by atoms with van der Waals surface area (Å²) >= 11 is 0. The maximum absolute atomic E-state index is 8.98. The number of nitrogens with zero attached hydrogens (tertiary/aromatic N) is 3. The molecule has 0 aromatic carbocycles. The number of aliphatic hydroxyl groups is 1. The SMILES string of the molecule is CCCNc1cc(C)nc(CN(CC)CCO)n1. The Kier molecular flexibility index (Phi) is 6.60. The smallest absolute Gasteiger partial charge is 0.144 e. The molecule has 0 saturated carbocycles. The van der Waals surface area contributed by atoms with E-state index in [1.165, 1.54) is 0 Å². The molecule has 0 atom stereocenters. The number of hydrogen-bond donors (Lipinski definition) is 2. The van der Waals surface area contributed by atoms with Crippen molar-refractivity contribution in [1.82, 2.24) is 14.9 Å². The van der Waals surface area contributed by atoms with E-state index in [-0.39, 0.29) is 6.61 Å². The van der Waals surface area contributed by atoms with Gasteiger partial charge in [-0.1, -0.05) is 13.8 Å². The van der Waals surface area contributed by atoms with Crippen LogP contribution in [-0.4, -0.2) is 46.2 Å². The molecule has 0 fully saturated rings. The predicted molar refractivity (Wildman–Crippen MR) is 73.6 cm³/mol. The summed E-state index contributed by atoms with van der Waals surface area (Å²) in [7, 11) is 0. The van der Waals surface area contributed by atoms with Crippen molar-refractivity contribution in [2.75, 3.05) is 31.6 Å². The second-order valence-corrected chi connectivity index (χ2v) is 4.33. The van der Waals surface area contributed by atoms with E-state index < -0.39 is 0 Å². The molecule has 2 N–H and O–H groups in total. The predicted octanol–water partition coefficient (Wildman–Crippen LogP) is 1.42. The van der Waals surface area contributed by atoms with E-state index in [2.05, 4.69) is 34.0 Å². The molecule has 0 unspecified atom stereocenters. The monoisotopic (exact) mass is 252 g/mol. The topological polar surface area (TPSA) is 61.3 Å². The van der Waals surface area contributed by atoms with Crippen LogP contribution in [0.1, 0.15) is 31.8 Å². The number of hydrogen-bond acceptors (Lipinski definition) is 5. The van der Waals surface area contributed by atoms with Crippen molar-refractivity contribution >= 4 is 5.82 Å². The number of anilines is 1. The Morgan fingerprint density at radius 3 is 2.72 bits per heavy atom. The van der Waals surface area contributed by atoms with E-state index in [1.807, 2.05) is 13.0 Å². The van der Waals surface area contributed by atoms with E-state index in [9.17, 15) is 0 Å². The highest BCUT2D eigenvalue weighted by molar-refractivity contribution is 5.35. The Bertz CT molecular complexity index is 357. The number of rotatable bonds is 8. The van der Waals surface area contributed by atoms with Gasteiger partial charge in [-0.05, 0) is 19.9 Å². The first kappa shape index (κ1) is 14.9. The first-order chi connectivity index (χ1) is 8.69. The van der Waals surface area contributed by atoms with Crippen molar-refractivity contribution in [1.29, 1.82) is 0 Å². The molecular weight excluding hydrogens is 228 g/mol. The van der Waals surface area contributed by atoms with Crippen molar-refractivity contribution < 1.29 is 5.11 Å². The summed E-state index contributed by atoms with van der Waals surface area (Å²) in [4.78, 5) is 11.1. The third kappa shape index (κ3) is 4.98. The van der Waals surface area contributed by atoms with Crippen LogP contribution in [0.5, 0.6) is 0 Å². The van der Waals surface area contributed by atoms with E-state index >= 15 is 0 Å². The lowest BCUT2D eigenvalue weighted by molar-refractivity contribution is 0.194. The van der Waals surface area contributed by atoms with E-state index in [1.54, 1.807) is 0 Å². The number of aliphatic hydroxyl groups excluding tert-OH is 1. The zero-order chi connectivity index (χ0) is 13.4. The molecule has 18 heavy (non-hydrogen) atoms. The van der Waals surface area contributed by atoms with Gasteiger partial charge in [0.05, 0.1) is 13.2 Å². The standard InChI is InChI=1S/C13H24N4O/c1-4-6-14-12-9-11(3)15-13(16-12)10-17(5-2)7-8-18/h9,18H,4-8,10H2,1-3H3,(H,14,15,16). The van der Waals surface area contributed by atoms with Crippen LogP contribution in [0.4, 0.5) is 5.82 Å². The van der Waals surface area contributed by atoms with Crippen LogP contribution in [0.25, 0.3) is 0 Å². The van der Waals surface area contributed by atoms with Crippen molar-refractivity contribution in [3.8, 4) is 0 Å². The van der Waals surface area contributed by atoms with Crippen LogP contribution >= 0.6 is 0 Å². The minimum absolute atomic E-state index is 0.167. The second kappa shape index (κ2) is 8.00. The fourth-order valence-corrected chi connectivity index (χ4v) is 1.73. The van der Waals surface area contributed by atoms with Crippen LogP contribution in [0.3, 0.4) is 0 Å². The molecule has 0 bridgehead atoms. The average Bonchev–Trinajstić information content (AvgIpc) is 2.35. The number of nitrogens with one attached hydrogen (secondary N) is 1. The summed E-state index contributed by atoms with van der Waals surface area (Å²) < 4.78 is 0. The third-order valence-electron chi connectivity index (χ3n) is 2.69. The molecule has 0 radical (unpaired) electrons. The quantitative estimate of drug-likeness (QED) is 0.732. The third-order valence-corrected chi connectivity index (χ3v) is 2.69. The van der Waals surface area contributed by atoms with Crippen LogP contribution < -0.4 is 5.32 Å². The molecule has 1 rings (SSSR count). The maximum Gasteiger partial charge on any atom is 0.144 e. The van der Waals surface area contributed by atoms with Gasteiger partial charge >= 0.3 is 0 Å². The Balaban J connectivity index is 2.71. The summed E-state index contributed by atoms with van der Waals surface area (Å²) in [5, 5.41) is 12.3. The molecule has 1 aromatic heterocycles. The maximum atomic E-state index is 8.98. The highest BCUT2D eigenvalue weighted by Crippen LogP contribution is 2.08. The molecule has 5 heteroatoms. The lowest BCUT2D eigenvalue weighted by Gasteiger charge is -2.18. The van der Waals surface area contributed by atoms with Gasteiger partial charge in [-0.15, -0.1) is 0 Å². The normalized spacial score (nSPS) is 10.9. The molecule has 0 spiro atoms. The van der Waals surface area contributed by atoms with E-state index in [0.29, 0.717) is 13.1 Å². The summed E-state index contributed by atoms with van der Waals surface area (Å²) in [6.45, 7) is 9.49. The molecule has 0 saturated heterocycles. The van der Waals surface area contributed by atoms with Gasteiger partial charge in [0, 0.05) is 24.8 Å². The zero-order valence-electron chi connectivity index (χ0n) is 11.6. The van der Waals surface area contributed by atoms with Gasteiger partial charge in [0.25, 0.3) is 0 Å². The van der Waals surface area contributed by atoms with Crippen molar-refractivity contribution in [3.63, 3.8) is 0 Å². The molecular formula is C13H24N4O. The van der Waals surface area contributed by atoms with Gasteiger partial charge in [0.1, 0.15) is 11.6 Å². The van der Waals surface area contributed by atoms with Crippen LogP contribution in [0, 0.1) is 6.92 Å². The first-order valence-corrected chi connectivity index (χ1v) is 6.61. The summed E-state index contributed by atoms with van der Waals surface area (Å²) in [5.41, 5.74) is 0.971. The molecule has 0 aliphatic heterocycles. The van der Waals surface area contributed by atoms with Crippen LogP contribution in [0.15, 0.2) is 6.07 Å². The van der Waals surface area contributed by atoms with Crippen molar-refractivity contribution in [3.05, 3.63) is 17.6 Å². The van der Waals surface area contributed by atoms with Gasteiger partial charge in [-0.2, -0.15) is 0 Å². The Labute approximate surface area is 109 Å². The van der Waals surface area contributed by atoms with Crippen molar-refractivity contribution in [2.45, 2.75) is 33.7 Å². The molecule has 0 aliphatic rings. The first-order valence-electron chi connectivity index (χ1n) is 6.61. The highest BCUT2D eigenvalue weighted by atomic mass is 16.3. The Morgan fingerprint density at radius 1 is 1.33 bits per heavy atom. The molecule has 1 heterocycles. The fraction of sp³-hybridized carbons (Fsp3) is 0.692. The lowest BCUT2D eigenvalue weighted by Crippen LogP contribution is -2.27. The zero-order valence-corrected chi connectivity index (χ0v) is 11.6. The van der Waals surface area contributed by atoms with Crippen molar-refractivity contribution in [2.24, 2.45) is 0 Å². The second-order valence-electron chi connectivity index (χ2n) is 4.33. The number of likely N-dealkylation sites (N-methyl/N-ethyl adjacent to an activating group) is 1. The summed E-state index contributed by atoms with van der Waals surface area (Å²) in [6, 6.07) is 1.96. The Hall–Kier alpha value is -1.20. The lowest BCUT2D eigenvalue weighted by atomic mass is 10.3. The fourth-order valence-electron chi connectivity index (χ4n) is 1.73. The van der Waals surface area contributed by atoms with Gasteiger partial charge < -0.3 is 10.4 Å². The molecule has 0 aliphatic carbocycles. The summed E-state index contributed by atoms with van der Waals surface area (Å²) in [6.07, 6.45) is 1.07. The number of aromatic nitrogens is 2.